The van der Waals surface area contributed by atoms with Crippen molar-refractivity contribution in [2.45, 2.75) is 19.3 Å². The van der Waals surface area contributed by atoms with Crippen molar-refractivity contribution < 1.29 is 9.90 Å². The Balaban J connectivity index is 2.09. The molecule has 0 aliphatic heterocycles. The van der Waals surface area contributed by atoms with Gasteiger partial charge in [-0.2, -0.15) is 0 Å². The van der Waals surface area contributed by atoms with Crippen molar-refractivity contribution in [1.82, 2.24) is 4.98 Å². The van der Waals surface area contributed by atoms with Gasteiger partial charge in [-0.25, -0.2) is 0 Å². The lowest BCUT2D eigenvalue weighted by atomic mass is 9.87. The molecule has 2 aromatic rings. The van der Waals surface area contributed by atoms with E-state index in [4.69, 9.17) is 5.11 Å². The molecule has 1 aromatic carbocycles. The number of hydrogen-bond acceptors (Lipinski definition) is 1. The Kier molecular flexibility index (Phi) is 1.99. The Morgan fingerprint density at radius 2 is 2.19 bits per heavy atom. The number of carboxylic acid groups (broad SMARTS) is 1. The average molecular weight is 215 g/mol. The van der Waals surface area contributed by atoms with E-state index in [2.05, 4.69) is 11.1 Å². The minimum atomic E-state index is -0.677. The molecule has 82 valence electrons. The summed E-state index contributed by atoms with van der Waals surface area (Å²) in [6, 6.07) is 8.17. The summed E-state index contributed by atoms with van der Waals surface area (Å²) in [6.07, 6.45) is 2.26. The van der Waals surface area contributed by atoms with Crippen molar-refractivity contribution in [1.29, 1.82) is 0 Å². The molecule has 3 heteroatoms. The fourth-order valence-electron chi connectivity index (χ4n) is 2.59. The van der Waals surface area contributed by atoms with Crippen LogP contribution in [0.4, 0.5) is 0 Å². The van der Waals surface area contributed by atoms with Gasteiger partial charge in [0.1, 0.15) is 0 Å². The number of nitrogens with one attached hydrogen (secondary N) is 1. The van der Waals surface area contributed by atoms with Crippen LogP contribution >= 0.6 is 0 Å². The fraction of sp³-hybridized carbons (Fsp3) is 0.308. The highest BCUT2D eigenvalue weighted by molar-refractivity contribution is 5.85. The zero-order chi connectivity index (χ0) is 11.1. The van der Waals surface area contributed by atoms with E-state index in [1.807, 2.05) is 18.2 Å². The maximum absolute atomic E-state index is 11.0. The topological polar surface area (TPSA) is 53.1 Å². The van der Waals surface area contributed by atoms with Crippen LogP contribution in [-0.4, -0.2) is 16.1 Å². The Hall–Kier alpha value is -1.77. The van der Waals surface area contributed by atoms with Gasteiger partial charge in [-0.3, -0.25) is 4.79 Å². The van der Waals surface area contributed by atoms with Gasteiger partial charge in [0.15, 0.2) is 0 Å². The van der Waals surface area contributed by atoms with Crippen LogP contribution < -0.4 is 0 Å². The average Bonchev–Trinajstić information content (AvgIpc) is 2.66. The molecule has 3 rings (SSSR count). The molecule has 0 saturated heterocycles. The maximum Gasteiger partial charge on any atom is 0.306 e. The van der Waals surface area contributed by atoms with E-state index in [9.17, 15) is 4.79 Å². The van der Waals surface area contributed by atoms with Crippen molar-refractivity contribution in [3.63, 3.8) is 0 Å². The zero-order valence-corrected chi connectivity index (χ0v) is 8.86. The van der Waals surface area contributed by atoms with Crippen LogP contribution in [0.25, 0.3) is 10.9 Å². The van der Waals surface area contributed by atoms with E-state index in [0.717, 1.165) is 24.1 Å². The smallest absolute Gasteiger partial charge is 0.306 e. The van der Waals surface area contributed by atoms with Crippen LogP contribution in [-0.2, 0) is 17.6 Å². The van der Waals surface area contributed by atoms with Crippen molar-refractivity contribution in [3.8, 4) is 0 Å². The highest BCUT2D eigenvalue weighted by atomic mass is 16.4. The highest BCUT2D eigenvalue weighted by Crippen LogP contribution is 2.31. The van der Waals surface area contributed by atoms with Crippen molar-refractivity contribution in [3.05, 3.63) is 35.5 Å². The minimum Gasteiger partial charge on any atom is -0.481 e. The minimum absolute atomic E-state index is 0.222. The first-order valence-corrected chi connectivity index (χ1v) is 5.57. The molecule has 0 radical (unpaired) electrons. The number of aryl methyl sites for hydroxylation is 1. The normalized spacial score (nSPS) is 19.6. The zero-order valence-electron chi connectivity index (χ0n) is 8.86. The molecule has 3 nitrogen and oxygen atoms in total. The predicted octanol–water partition coefficient (Wildman–Crippen LogP) is 2.36. The summed E-state index contributed by atoms with van der Waals surface area (Å²) < 4.78 is 0. The maximum atomic E-state index is 11.0. The third-order valence-electron chi connectivity index (χ3n) is 3.44. The monoisotopic (exact) mass is 215 g/mol. The number of benzene rings is 1. The predicted molar refractivity (Wildman–Crippen MR) is 61.4 cm³/mol. The van der Waals surface area contributed by atoms with E-state index < -0.39 is 5.97 Å². The van der Waals surface area contributed by atoms with Crippen LogP contribution in [0, 0.1) is 5.92 Å². The SMILES string of the molecule is O=C(O)C1CCc2c([nH]c3ccccc23)C1. The van der Waals surface area contributed by atoms with Gasteiger partial charge in [0.2, 0.25) is 0 Å². The lowest BCUT2D eigenvalue weighted by Crippen LogP contribution is -2.21. The third-order valence-corrected chi connectivity index (χ3v) is 3.44. The molecule has 0 fully saturated rings. The highest BCUT2D eigenvalue weighted by Gasteiger charge is 2.26. The summed E-state index contributed by atoms with van der Waals surface area (Å²) in [7, 11) is 0. The quantitative estimate of drug-likeness (QED) is 0.767. The first-order valence-electron chi connectivity index (χ1n) is 5.57. The number of H-pyrrole nitrogens is 1. The van der Waals surface area contributed by atoms with Gasteiger partial charge in [0.05, 0.1) is 5.92 Å². The van der Waals surface area contributed by atoms with Gasteiger partial charge < -0.3 is 10.1 Å². The van der Waals surface area contributed by atoms with Gasteiger partial charge in [0.25, 0.3) is 0 Å². The largest absolute Gasteiger partial charge is 0.481 e. The van der Waals surface area contributed by atoms with E-state index in [1.54, 1.807) is 0 Å². The molecular formula is C13H13NO2. The van der Waals surface area contributed by atoms with Gasteiger partial charge in [-0.1, -0.05) is 18.2 Å². The molecule has 1 atom stereocenters. The van der Waals surface area contributed by atoms with E-state index in [1.165, 1.54) is 10.9 Å². The first kappa shape index (κ1) is 9.46. The number of carboxylic acids is 1. The number of aromatic nitrogens is 1. The molecule has 1 aliphatic carbocycles. The van der Waals surface area contributed by atoms with Crippen LogP contribution in [0.2, 0.25) is 0 Å². The molecule has 16 heavy (non-hydrogen) atoms. The van der Waals surface area contributed by atoms with Crippen LogP contribution in [0.3, 0.4) is 0 Å². The number of rotatable bonds is 1. The Bertz CT molecular complexity index is 556. The first-order chi connectivity index (χ1) is 7.75. The van der Waals surface area contributed by atoms with E-state index in [0.29, 0.717) is 6.42 Å². The number of para-hydroxylation sites is 1. The Morgan fingerprint density at radius 3 is 3.00 bits per heavy atom. The number of carbonyl (C=O) groups is 1. The second kappa shape index (κ2) is 3.37. The van der Waals surface area contributed by atoms with Crippen LogP contribution in [0.1, 0.15) is 17.7 Å². The second-order valence-corrected chi connectivity index (χ2v) is 4.41. The summed E-state index contributed by atoms with van der Waals surface area (Å²) in [5.41, 5.74) is 3.55. The summed E-state index contributed by atoms with van der Waals surface area (Å²) in [5, 5.41) is 10.3. The fourth-order valence-corrected chi connectivity index (χ4v) is 2.59. The summed E-state index contributed by atoms with van der Waals surface area (Å²) in [5.74, 6) is -0.898. The lowest BCUT2D eigenvalue weighted by molar-refractivity contribution is -0.142. The number of aliphatic carboxylic acids is 1. The van der Waals surface area contributed by atoms with Crippen molar-refractivity contribution >= 4 is 16.9 Å². The molecule has 0 saturated carbocycles. The molecule has 1 heterocycles. The van der Waals surface area contributed by atoms with Crippen LogP contribution in [0.15, 0.2) is 24.3 Å². The Morgan fingerprint density at radius 1 is 1.38 bits per heavy atom. The molecule has 1 aliphatic rings. The number of aromatic amines is 1. The second-order valence-electron chi connectivity index (χ2n) is 4.41. The summed E-state index contributed by atoms with van der Waals surface area (Å²) >= 11 is 0. The number of hydrogen-bond donors (Lipinski definition) is 2. The molecule has 0 amide bonds. The van der Waals surface area contributed by atoms with Gasteiger partial charge in [-0.05, 0) is 24.5 Å². The van der Waals surface area contributed by atoms with Crippen molar-refractivity contribution in [2.24, 2.45) is 5.92 Å². The molecule has 1 aromatic heterocycles. The summed E-state index contributed by atoms with van der Waals surface area (Å²) in [4.78, 5) is 14.3. The standard InChI is InChI=1S/C13H13NO2/c15-13(16)8-5-6-10-9-3-1-2-4-11(9)14-12(10)7-8/h1-4,8,14H,5-7H2,(H,15,16). The van der Waals surface area contributed by atoms with Gasteiger partial charge >= 0.3 is 5.97 Å². The summed E-state index contributed by atoms with van der Waals surface area (Å²) in [6.45, 7) is 0. The van der Waals surface area contributed by atoms with Gasteiger partial charge in [0, 0.05) is 23.0 Å². The number of fused-ring (bicyclic) bond motifs is 3. The third kappa shape index (κ3) is 1.32. The van der Waals surface area contributed by atoms with E-state index >= 15 is 0 Å². The van der Waals surface area contributed by atoms with Crippen LogP contribution in [0.5, 0.6) is 0 Å². The van der Waals surface area contributed by atoms with Crippen molar-refractivity contribution in [2.75, 3.05) is 0 Å². The molecule has 0 bridgehead atoms. The lowest BCUT2D eigenvalue weighted by Gasteiger charge is -2.18. The molecule has 1 unspecified atom stereocenters. The molecule has 2 N–H and O–H groups in total. The molecule has 0 spiro atoms. The molecular weight excluding hydrogens is 202 g/mol. The van der Waals surface area contributed by atoms with E-state index in [-0.39, 0.29) is 5.92 Å². The Labute approximate surface area is 93.1 Å². The van der Waals surface area contributed by atoms with Gasteiger partial charge in [-0.15, -0.1) is 0 Å².